The fourth-order valence-corrected chi connectivity index (χ4v) is 2.23. The van der Waals surface area contributed by atoms with Gasteiger partial charge in [-0.25, -0.2) is 9.59 Å². The Hall–Kier alpha value is -1.04. The zero-order chi connectivity index (χ0) is 12.1. The van der Waals surface area contributed by atoms with E-state index in [0.717, 1.165) is 0 Å². The lowest BCUT2D eigenvalue weighted by Gasteiger charge is -2.21. The Morgan fingerprint density at radius 3 is 2.88 bits per heavy atom. The van der Waals surface area contributed by atoms with E-state index < -0.39 is 18.1 Å². The van der Waals surface area contributed by atoms with Gasteiger partial charge in [-0.1, -0.05) is 28.6 Å². The monoisotopic (exact) mass is 291 g/mol. The van der Waals surface area contributed by atoms with E-state index in [2.05, 4.69) is 27.2 Å². The SMILES string of the molecule is C=CCOC(=O)N1CC(Br)CC1C(=O)OC. The zero-order valence-electron chi connectivity index (χ0n) is 9.02. The first-order valence-corrected chi connectivity index (χ1v) is 5.78. The number of likely N-dealkylation sites (tertiary alicyclic amines) is 1. The van der Waals surface area contributed by atoms with Gasteiger partial charge in [0.05, 0.1) is 7.11 Å². The quantitative estimate of drug-likeness (QED) is 0.447. The van der Waals surface area contributed by atoms with Crippen LogP contribution in [-0.2, 0) is 14.3 Å². The summed E-state index contributed by atoms with van der Waals surface area (Å²) in [4.78, 5) is 24.5. The molecule has 1 amide bonds. The second kappa shape index (κ2) is 5.89. The summed E-state index contributed by atoms with van der Waals surface area (Å²) < 4.78 is 9.53. The van der Waals surface area contributed by atoms with Crippen LogP contribution in [0.25, 0.3) is 0 Å². The van der Waals surface area contributed by atoms with E-state index in [-0.39, 0.29) is 11.4 Å². The van der Waals surface area contributed by atoms with Gasteiger partial charge >= 0.3 is 12.1 Å². The van der Waals surface area contributed by atoms with Crippen LogP contribution in [0.1, 0.15) is 6.42 Å². The first-order chi connectivity index (χ1) is 7.60. The van der Waals surface area contributed by atoms with E-state index in [1.165, 1.54) is 18.1 Å². The molecule has 1 fully saturated rings. The first kappa shape index (κ1) is 13.0. The first-order valence-electron chi connectivity index (χ1n) is 4.86. The smallest absolute Gasteiger partial charge is 0.410 e. The fourth-order valence-electron chi connectivity index (χ4n) is 1.56. The predicted octanol–water partition coefficient (Wildman–Crippen LogP) is 1.32. The summed E-state index contributed by atoms with van der Waals surface area (Å²) in [5.41, 5.74) is 0. The molecule has 1 aliphatic heterocycles. The number of hydrogen-bond donors (Lipinski definition) is 0. The van der Waals surface area contributed by atoms with Crippen molar-refractivity contribution in [1.29, 1.82) is 0 Å². The molecular weight excluding hydrogens is 278 g/mol. The lowest BCUT2D eigenvalue weighted by atomic mass is 10.2. The second-order valence-corrected chi connectivity index (χ2v) is 4.68. The van der Waals surface area contributed by atoms with Crippen LogP contribution in [0.4, 0.5) is 4.79 Å². The number of amides is 1. The summed E-state index contributed by atoms with van der Waals surface area (Å²) in [6.07, 6.45) is 1.50. The molecule has 0 bridgehead atoms. The van der Waals surface area contributed by atoms with Gasteiger partial charge in [-0.15, -0.1) is 0 Å². The molecule has 0 aromatic heterocycles. The van der Waals surface area contributed by atoms with Gasteiger partial charge in [0.1, 0.15) is 12.6 Å². The van der Waals surface area contributed by atoms with Crippen LogP contribution in [0, 0.1) is 0 Å². The molecule has 1 rings (SSSR count). The minimum atomic E-state index is -0.563. The third-order valence-corrected chi connectivity index (χ3v) is 2.95. The standard InChI is InChI=1S/C10H14BrNO4/c1-3-4-16-10(14)12-6-7(11)5-8(12)9(13)15-2/h3,7-8H,1,4-6H2,2H3. The predicted molar refractivity (Wildman–Crippen MR) is 61.4 cm³/mol. The highest BCUT2D eigenvalue weighted by Gasteiger charge is 2.40. The maximum atomic E-state index is 11.6. The Bertz CT molecular complexity index is 295. The van der Waals surface area contributed by atoms with E-state index in [9.17, 15) is 9.59 Å². The normalized spacial score (nSPS) is 24.0. The molecule has 0 aliphatic carbocycles. The molecule has 90 valence electrons. The largest absolute Gasteiger partial charge is 0.467 e. The Kier molecular flexibility index (Phi) is 4.79. The van der Waals surface area contributed by atoms with Crippen LogP contribution in [-0.4, -0.2) is 48.1 Å². The van der Waals surface area contributed by atoms with Gasteiger partial charge in [-0.3, -0.25) is 4.90 Å². The van der Waals surface area contributed by atoms with Crippen LogP contribution in [0.15, 0.2) is 12.7 Å². The molecule has 1 saturated heterocycles. The molecule has 16 heavy (non-hydrogen) atoms. The minimum absolute atomic E-state index is 0.0906. The van der Waals surface area contributed by atoms with E-state index in [0.29, 0.717) is 13.0 Å². The Labute approximate surface area is 103 Å². The fraction of sp³-hybridized carbons (Fsp3) is 0.600. The highest BCUT2D eigenvalue weighted by molar-refractivity contribution is 9.09. The number of carbonyl (C=O) groups excluding carboxylic acids is 2. The molecule has 5 nitrogen and oxygen atoms in total. The van der Waals surface area contributed by atoms with Crippen LogP contribution in [0.2, 0.25) is 0 Å². The van der Waals surface area contributed by atoms with Crippen molar-refractivity contribution in [1.82, 2.24) is 4.90 Å². The van der Waals surface area contributed by atoms with Crippen LogP contribution < -0.4 is 0 Å². The highest BCUT2D eigenvalue weighted by atomic mass is 79.9. The number of nitrogens with zero attached hydrogens (tertiary/aromatic N) is 1. The average molecular weight is 292 g/mol. The molecule has 0 aromatic rings. The van der Waals surface area contributed by atoms with Gasteiger partial charge in [-0.05, 0) is 6.42 Å². The Morgan fingerprint density at radius 1 is 1.62 bits per heavy atom. The maximum absolute atomic E-state index is 11.6. The highest BCUT2D eigenvalue weighted by Crippen LogP contribution is 2.24. The van der Waals surface area contributed by atoms with Crippen molar-refractivity contribution in [2.24, 2.45) is 0 Å². The number of carbonyl (C=O) groups is 2. The number of halogens is 1. The summed E-state index contributed by atoms with van der Waals surface area (Å²) in [5.74, 6) is -0.419. The van der Waals surface area contributed by atoms with Gasteiger partial charge < -0.3 is 9.47 Å². The van der Waals surface area contributed by atoms with Crippen LogP contribution >= 0.6 is 15.9 Å². The number of hydrogen-bond acceptors (Lipinski definition) is 4. The van der Waals surface area contributed by atoms with Crippen molar-refractivity contribution < 1.29 is 19.1 Å². The molecule has 0 aromatic carbocycles. The van der Waals surface area contributed by atoms with Crippen LogP contribution in [0.3, 0.4) is 0 Å². The molecular formula is C10H14BrNO4. The van der Waals surface area contributed by atoms with Gasteiger partial charge in [0, 0.05) is 11.4 Å². The molecule has 2 atom stereocenters. The summed E-state index contributed by atoms with van der Waals surface area (Å²) >= 11 is 3.38. The van der Waals surface area contributed by atoms with Crippen molar-refractivity contribution in [3.63, 3.8) is 0 Å². The molecule has 0 saturated carbocycles. The van der Waals surface area contributed by atoms with Crippen molar-refractivity contribution >= 4 is 28.0 Å². The number of esters is 1. The average Bonchev–Trinajstić information content (AvgIpc) is 2.67. The number of alkyl halides is 1. The van der Waals surface area contributed by atoms with Crippen LogP contribution in [0.5, 0.6) is 0 Å². The molecule has 6 heteroatoms. The summed E-state index contributed by atoms with van der Waals surface area (Å²) in [7, 11) is 1.30. The number of rotatable bonds is 3. The van der Waals surface area contributed by atoms with Gasteiger partial charge in [-0.2, -0.15) is 0 Å². The van der Waals surface area contributed by atoms with E-state index in [4.69, 9.17) is 4.74 Å². The second-order valence-electron chi connectivity index (χ2n) is 3.39. The Morgan fingerprint density at radius 2 is 2.31 bits per heavy atom. The van der Waals surface area contributed by atoms with Gasteiger partial charge in [0.2, 0.25) is 0 Å². The third kappa shape index (κ3) is 2.98. The topological polar surface area (TPSA) is 55.8 Å². The molecule has 1 heterocycles. The number of ether oxygens (including phenoxy) is 2. The maximum Gasteiger partial charge on any atom is 0.410 e. The number of methoxy groups -OCH3 is 1. The van der Waals surface area contributed by atoms with Crippen molar-refractivity contribution in [3.05, 3.63) is 12.7 Å². The molecule has 0 radical (unpaired) electrons. The van der Waals surface area contributed by atoms with Crippen molar-refractivity contribution in [2.75, 3.05) is 20.3 Å². The third-order valence-electron chi connectivity index (χ3n) is 2.28. The summed E-state index contributed by atoms with van der Waals surface area (Å²) in [5, 5.41) is 0. The van der Waals surface area contributed by atoms with Gasteiger partial charge in [0.25, 0.3) is 0 Å². The molecule has 0 N–H and O–H groups in total. The molecule has 1 aliphatic rings. The Balaban J connectivity index is 2.65. The lowest BCUT2D eigenvalue weighted by molar-refractivity contribution is -0.145. The minimum Gasteiger partial charge on any atom is -0.467 e. The van der Waals surface area contributed by atoms with Crippen molar-refractivity contribution in [3.8, 4) is 0 Å². The van der Waals surface area contributed by atoms with Gasteiger partial charge in [0.15, 0.2) is 0 Å². The zero-order valence-corrected chi connectivity index (χ0v) is 10.6. The molecule has 2 unspecified atom stereocenters. The van der Waals surface area contributed by atoms with E-state index in [1.807, 2.05) is 0 Å². The van der Waals surface area contributed by atoms with E-state index in [1.54, 1.807) is 0 Å². The summed E-state index contributed by atoms with van der Waals surface area (Å²) in [6, 6.07) is -0.563. The van der Waals surface area contributed by atoms with E-state index >= 15 is 0 Å². The summed E-state index contributed by atoms with van der Waals surface area (Å²) in [6.45, 7) is 4.02. The molecule has 0 spiro atoms. The lowest BCUT2D eigenvalue weighted by Crippen LogP contribution is -2.41. The van der Waals surface area contributed by atoms with Crippen molar-refractivity contribution in [2.45, 2.75) is 17.3 Å².